The van der Waals surface area contributed by atoms with Crippen molar-refractivity contribution in [2.24, 2.45) is 5.41 Å². The molecule has 1 heterocycles. The van der Waals surface area contributed by atoms with Crippen LogP contribution in [-0.4, -0.2) is 4.98 Å². The van der Waals surface area contributed by atoms with E-state index in [1.807, 2.05) is 57.2 Å². The maximum atomic E-state index is 8.32. The van der Waals surface area contributed by atoms with E-state index < -0.39 is 11.8 Å². The van der Waals surface area contributed by atoms with Crippen LogP contribution in [0.2, 0.25) is 0 Å². The first-order valence-corrected chi connectivity index (χ1v) is 5.84. The molecule has 0 fully saturated rings. The highest BCUT2D eigenvalue weighted by Crippen LogP contribution is 2.23. The van der Waals surface area contributed by atoms with Gasteiger partial charge in [-0.1, -0.05) is 51.1 Å². The number of aromatic nitrogens is 1. The van der Waals surface area contributed by atoms with Crippen LogP contribution in [0.5, 0.6) is 0 Å². The monoisotopic (exact) mass is 227 g/mol. The third-order valence-corrected chi connectivity index (χ3v) is 2.35. The van der Waals surface area contributed by atoms with Crippen LogP contribution in [0, 0.1) is 5.41 Å². The fourth-order valence-corrected chi connectivity index (χ4v) is 1.71. The van der Waals surface area contributed by atoms with Gasteiger partial charge in [-0.25, -0.2) is 0 Å². The average molecular weight is 227 g/mol. The minimum atomic E-state index is -1.39. The van der Waals surface area contributed by atoms with Gasteiger partial charge in [-0.15, -0.1) is 0 Å². The molecule has 0 spiro atoms. The number of pyridine rings is 1. The molecule has 88 valence electrons. The molecular formula is C16H19N. The summed E-state index contributed by atoms with van der Waals surface area (Å²) in [6, 6.07) is 13.5. The largest absolute Gasteiger partial charge is 0.256 e. The lowest BCUT2D eigenvalue weighted by molar-refractivity contribution is 0.411. The molecule has 17 heavy (non-hydrogen) atoms. The van der Waals surface area contributed by atoms with Crippen molar-refractivity contribution in [3.8, 4) is 11.3 Å². The van der Waals surface area contributed by atoms with Gasteiger partial charge in [0.05, 0.1) is 5.69 Å². The SMILES string of the molecule is [2H]C([2H])(c1ccnc(-c2ccccc2)c1)C(C)(C)C. The summed E-state index contributed by atoms with van der Waals surface area (Å²) in [5.74, 6) is 0. The predicted octanol–water partition coefficient (Wildman–Crippen LogP) is 4.34. The molecule has 0 N–H and O–H groups in total. The summed E-state index contributed by atoms with van der Waals surface area (Å²) in [4.78, 5) is 4.34. The van der Waals surface area contributed by atoms with Gasteiger partial charge < -0.3 is 0 Å². The smallest absolute Gasteiger partial charge is 0.0704 e. The van der Waals surface area contributed by atoms with Crippen molar-refractivity contribution in [1.82, 2.24) is 4.98 Å². The van der Waals surface area contributed by atoms with E-state index in [1.165, 1.54) is 0 Å². The van der Waals surface area contributed by atoms with Crippen molar-refractivity contribution in [2.75, 3.05) is 0 Å². The fourth-order valence-electron chi connectivity index (χ4n) is 1.71. The maximum absolute atomic E-state index is 8.32. The van der Waals surface area contributed by atoms with E-state index >= 15 is 0 Å². The molecule has 2 rings (SSSR count). The van der Waals surface area contributed by atoms with Crippen LogP contribution in [0.15, 0.2) is 48.7 Å². The van der Waals surface area contributed by atoms with Gasteiger partial charge in [-0.3, -0.25) is 4.98 Å². The number of rotatable bonds is 2. The number of nitrogens with zero attached hydrogens (tertiary/aromatic N) is 1. The Morgan fingerprint density at radius 1 is 1.12 bits per heavy atom. The molecule has 1 heteroatoms. The van der Waals surface area contributed by atoms with Crippen molar-refractivity contribution in [3.05, 3.63) is 54.2 Å². The zero-order valence-corrected chi connectivity index (χ0v) is 10.6. The minimum Gasteiger partial charge on any atom is -0.256 e. The van der Waals surface area contributed by atoms with Gasteiger partial charge in [-0.05, 0) is 29.5 Å². The highest BCUT2D eigenvalue weighted by Gasteiger charge is 2.11. The van der Waals surface area contributed by atoms with Crippen LogP contribution in [0.3, 0.4) is 0 Å². The lowest BCUT2D eigenvalue weighted by atomic mass is 9.88. The molecule has 0 aliphatic carbocycles. The Morgan fingerprint density at radius 2 is 1.82 bits per heavy atom. The molecular weight excluding hydrogens is 206 g/mol. The van der Waals surface area contributed by atoms with E-state index in [0.29, 0.717) is 5.56 Å². The fraction of sp³-hybridized carbons (Fsp3) is 0.312. The summed E-state index contributed by atoms with van der Waals surface area (Å²) in [6.07, 6.45) is 0.292. The normalized spacial score (nSPS) is 14.1. The predicted molar refractivity (Wildman–Crippen MR) is 72.8 cm³/mol. The molecule has 0 radical (unpaired) electrons. The summed E-state index contributed by atoms with van der Waals surface area (Å²) in [5, 5.41) is 0. The lowest BCUT2D eigenvalue weighted by Crippen LogP contribution is -2.09. The molecule has 2 aromatic rings. The molecule has 0 aliphatic heterocycles. The summed E-state index contributed by atoms with van der Waals surface area (Å²) in [6.45, 7) is 5.74. The van der Waals surface area contributed by atoms with Crippen LogP contribution in [-0.2, 0) is 6.37 Å². The lowest BCUT2D eigenvalue weighted by Gasteiger charge is -2.18. The van der Waals surface area contributed by atoms with Crippen molar-refractivity contribution >= 4 is 0 Å². The molecule has 1 aromatic heterocycles. The standard InChI is InChI=1S/C16H19N/c1-16(2,3)12-13-9-10-17-15(11-13)14-7-5-4-6-8-14/h4-11H,12H2,1-3H3/i12D2. The van der Waals surface area contributed by atoms with Crippen molar-refractivity contribution in [2.45, 2.75) is 27.1 Å². The quantitative estimate of drug-likeness (QED) is 0.743. The van der Waals surface area contributed by atoms with Gasteiger partial charge in [0.1, 0.15) is 0 Å². The second-order valence-corrected chi connectivity index (χ2v) is 5.17. The Balaban J connectivity index is 2.47. The molecule has 0 saturated heterocycles. The van der Waals surface area contributed by atoms with Gasteiger partial charge in [-0.2, -0.15) is 0 Å². The van der Waals surface area contributed by atoms with Crippen LogP contribution in [0.25, 0.3) is 11.3 Å². The van der Waals surface area contributed by atoms with E-state index in [9.17, 15) is 0 Å². The third kappa shape index (κ3) is 3.42. The topological polar surface area (TPSA) is 12.9 Å². The number of hydrogen-bond donors (Lipinski definition) is 0. The molecule has 0 atom stereocenters. The van der Waals surface area contributed by atoms with E-state index in [0.717, 1.165) is 11.3 Å². The maximum Gasteiger partial charge on any atom is 0.0704 e. The average Bonchev–Trinajstić information content (AvgIpc) is 2.39. The van der Waals surface area contributed by atoms with E-state index in [4.69, 9.17) is 2.74 Å². The van der Waals surface area contributed by atoms with Crippen molar-refractivity contribution < 1.29 is 2.74 Å². The molecule has 1 nitrogen and oxygen atoms in total. The Bertz CT molecular complexity index is 556. The van der Waals surface area contributed by atoms with E-state index in [1.54, 1.807) is 12.3 Å². The molecule has 0 unspecified atom stereocenters. The van der Waals surface area contributed by atoms with Crippen LogP contribution in [0.1, 0.15) is 29.1 Å². The summed E-state index contributed by atoms with van der Waals surface area (Å²) in [7, 11) is 0. The molecule has 0 amide bonds. The molecule has 0 saturated carbocycles. The zero-order valence-electron chi connectivity index (χ0n) is 12.6. The van der Waals surface area contributed by atoms with Gasteiger partial charge in [0, 0.05) is 14.5 Å². The van der Waals surface area contributed by atoms with Gasteiger partial charge in [0.25, 0.3) is 0 Å². The Hall–Kier alpha value is -1.63. The molecule has 1 aromatic carbocycles. The summed E-state index contributed by atoms with van der Waals surface area (Å²) in [5.41, 5.74) is 2.04. The van der Waals surface area contributed by atoms with Crippen LogP contribution < -0.4 is 0 Å². The highest BCUT2D eigenvalue weighted by molar-refractivity contribution is 5.59. The van der Waals surface area contributed by atoms with Crippen molar-refractivity contribution in [1.29, 1.82) is 0 Å². The van der Waals surface area contributed by atoms with Crippen LogP contribution in [0.4, 0.5) is 0 Å². The minimum absolute atomic E-state index is 0.456. The summed E-state index contributed by atoms with van der Waals surface area (Å²) < 4.78 is 16.6. The summed E-state index contributed by atoms with van der Waals surface area (Å²) >= 11 is 0. The first-order valence-electron chi connectivity index (χ1n) is 6.84. The van der Waals surface area contributed by atoms with Gasteiger partial charge in [0.15, 0.2) is 0 Å². The second-order valence-electron chi connectivity index (χ2n) is 5.17. The number of benzene rings is 1. The Morgan fingerprint density at radius 3 is 2.47 bits per heavy atom. The van der Waals surface area contributed by atoms with E-state index in [2.05, 4.69) is 4.98 Å². The van der Waals surface area contributed by atoms with Crippen molar-refractivity contribution in [3.63, 3.8) is 0 Å². The highest BCUT2D eigenvalue weighted by atomic mass is 14.7. The van der Waals surface area contributed by atoms with Gasteiger partial charge >= 0.3 is 0 Å². The Labute approximate surface area is 106 Å². The van der Waals surface area contributed by atoms with E-state index in [-0.39, 0.29) is 0 Å². The first-order chi connectivity index (χ1) is 8.82. The molecule has 0 bridgehead atoms. The van der Waals surface area contributed by atoms with Gasteiger partial charge in [0.2, 0.25) is 0 Å². The Kier molecular flexibility index (Phi) is 2.60. The van der Waals surface area contributed by atoms with Crippen LogP contribution >= 0.6 is 0 Å². The second kappa shape index (κ2) is 4.70. The zero-order chi connectivity index (χ0) is 14.1. The number of hydrogen-bond acceptors (Lipinski definition) is 1. The molecule has 0 aliphatic rings. The first kappa shape index (κ1) is 9.41. The third-order valence-electron chi connectivity index (χ3n) is 2.35.